The second kappa shape index (κ2) is 12.3. The summed E-state index contributed by atoms with van der Waals surface area (Å²) in [7, 11) is -1.38. The van der Waals surface area contributed by atoms with Crippen molar-refractivity contribution in [3.8, 4) is 0 Å². The zero-order valence-electron chi connectivity index (χ0n) is 13.7. The van der Waals surface area contributed by atoms with Crippen molar-refractivity contribution < 1.29 is 8.42 Å². The highest BCUT2D eigenvalue weighted by molar-refractivity contribution is 14.0. The number of nitrogens with one attached hydrogen (secondary N) is 3. The van der Waals surface area contributed by atoms with E-state index >= 15 is 0 Å². The number of sulfonamides is 1. The lowest BCUT2D eigenvalue weighted by molar-refractivity contribution is 0.481. The van der Waals surface area contributed by atoms with Crippen molar-refractivity contribution in [3.05, 3.63) is 0 Å². The van der Waals surface area contributed by atoms with Crippen LogP contribution < -0.4 is 15.4 Å². The van der Waals surface area contributed by atoms with Gasteiger partial charge < -0.3 is 10.6 Å². The van der Waals surface area contributed by atoms with Crippen LogP contribution in [0.2, 0.25) is 0 Å². The van der Waals surface area contributed by atoms with Crippen molar-refractivity contribution >= 4 is 40.0 Å². The van der Waals surface area contributed by atoms with Gasteiger partial charge >= 0.3 is 0 Å². The molecule has 0 aromatic rings. The number of hydrogen-bond donors (Lipinski definition) is 3. The summed E-state index contributed by atoms with van der Waals surface area (Å²) in [6.07, 6.45) is 8.03. The van der Waals surface area contributed by atoms with Crippen LogP contribution in [0.15, 0.2) is 4.99 Å². The van der Waals surface area contributed by atoms with Gasteiger partial charge in [0.15, 0.2) is 5.96 Å². The van der Waals surface area contributed by atoms with Gasteiger partial charge in [-0.1, -0.05) is 25.7 Å². The molecule has 0 unspecified atom stereocenters. The van der Waals surface area contributed by atoms with Crippen LogP contribution in [0.3, 0.4) is 0 Å². The molecular formula is C14H31IN4O2S. The summed E-state index contributed by atoms with van der Waals surface area (Å²) >= 11 is 0. The quantitative estimate of drug-likeness (QED) is 0.218. The van der Waals surface area contributed by atoms with E-state index in [1.54, 1.807) is 14.0 Å². The van der Waals surface area contributed by atoms with Crippen molar-refractivity contribution in [2.24, 2.45) is 10.9 Å². The van der Waals surface area contributed by atoms with Gasteiger partial charge in [0, 0.05) is 26.7 Å². The van der Waals surface area contributed by atoms with E-state index in [1.165, 1.54) is 32.1 Å². The van der Waals surface area contributed by atoms with Crippen molar-refractivity contribution in [2.45, 2.75) is 45.4 Å². The van der Waals surface area contributed by atoms with E-state index in [2.05, 4.69) is 20.3 Å². The largest absolute Gasteiger partial charge is 0.356 e. The summed E-state index contributed by atoms with van der Waals surface area (Å²) < 4.78 is 25.1. The van der Waals surface area contributed by atoms with Crippen LogP contribution in [0.5, 0.6) is 0 Å². The highest BCUT2D eigenvalue weighted by atomic mass is 127. The molecule has 3 N–H and O–H groups in total. The third-order valence-electron chi connectivity index (χ3n) is 3.90. The summed E-state index contributed by atoms with van der Waals surface area (Å²) in [5.74, 6) is 1.77. The zero-order chi connectivity index (χ0) is 15.6. The molecule has 132 valence electrons. The smallest absolute Gasteiger partial charge is 0.211 e. The maximum absolute atomic E-state index is 11.3. The minimum absolute atomic E-state index is 0. The number of nitrogens with zero attached hydrogens (tertiary/aromatic N) is 1. The zero-order valence-corrected chi connectivity index (χ0v) is 16.9. The molecule has 1 fully saturated rings. The van der Waals surface area contributed by atoms with Gasteiger partial charge in [-0.2, -0.15) is 0 Å². The highest BCUT2D eigenvalue weighted by Gasteiger charge is 2.13. The Bertz CT molecular complexity index is 409. The average molecular weight is 446 g/mol. The van der Waals surface area contributed by atoms with Gasteiger partial charge in [0.2, 0.25) is 10.0 Å². The van der Waals surface area contributed by atoms with Gasteiger partial charge in [-0.05, 0) is 25.7 Å². The van der Waals surface area contributed by atoms with E-state index in [9.17, 15) is 8.42 Å². The number of hydrogen-bond acceptors (Lipinski definition) is 3. The first-order valence-corrected chi connectivity index (χ1v) is 9.64. The van der Waals surface area contributed by atoms with E-state index < -0.39 is 10.0 Å². The molecule has 0 radical (unpaired) electrons. The first-order valence-electron chi connectivity index (χ1n) is 7.99. The third-order valence-corrected chi connectivity index (χ3v) is 5.30. The molecule has 1 aliphatic rings. The third kappa shape index (κ3) is 9.83. The monoisotopic (exact) mass is 446 g/mol. The fourth-order valence-electron chi connectivity index (χ4n) is 2.61. The standard InChI is InChI=1S/C14H30N4O2S.HI/c1-3-21(19,20)18-12-11-17-14(15-2)16-10-6-9-13-7-4-5-8-13;/h13,18H,3-12H2,1-2H3,(H2,15,16,17);1H. The van der Waals surface area contributed by atoms with E-state index in [0.717, 1.165) is 24.8 Å². The van der Waals surface area contributed by atoms with E-state index in [1.807, 2.05) is 0 Å². The lowest BCUT2D eigenvalue weighted by Crippen LogP contribution is -2.42. The summed E-state index contributed by atoms with van der Waals surface area (Å²) in [6, 6.07) is 0. The molecule has 22 heavy (non-hydrogen) atoms. The molecular weight excluding hydrogens is 415 g/mol. The Morgan fingerprint density at radius 3 is 2.36 bits per heavy atom. The number of aliphatic imine (C=N–C) groups is 1. The molecule has 0 atom stereocenters. The molecule has 0 bridgehead atoms. The molecule has 1 saturated carbocycles. The Morgan fingerprint density at radius 1 is 1.14 bits per heavy atom. The van der Waals surface area contributed by atoms with Crippen LogP contribution in [0.4, 0.5) is 0 Å². The summed E-state index contributed by atoms with van der Waals surface area (Å²) in [5, 5.41) is 6.37. The van der Waals surface area contributed by atoms with Crippen molar-refractivity contribution in [3.63, 3.8) is 0 Å². The lowest BCUT2D eigenvalue weighted by Gasteiger charge is -2.13. The SMILES string of the molecule is CCS(=O)(=O)NCCNC(=NC)NCCCC1CCCC1.I. The van der Waals surface area contributed by atoms with E-state index in [4.69, 9.17) is 0 Å². The molecule has 0 saturated heterocycles. The molecule has 0 aromatic carbocycles. The Hall–Kier alpha value is -0.0900. The summed E-state index contributed by atoms with van der Waals surface area (Å²) in [6.45, 7) is 3.44. The average Bonchev–Trinajstić information content (AvgIpc) is 2.99. The van der Waals surface area contributed by atoms with Gasteiger partial charge in [-0.3, -0.25) is 4.99 Å². The number of rotatable bonds is 9. The topological polar surface area (TPSA) is 82.6 Å². The maximum Gasteiger partial charge on any atom is 0.211 e. The Labute approximate surface area is 152 Å². The van der Waals surface area contributed by atoms with Gasteiger partial charge in [0.25, 0.3) is 0 Å². The maximum atomic E-state index is 11.3. The Kier molecular flexibility index (Phi) is 12.3. The second-order valence-corrected chi connectivity index (χ2v) is 7.61. The van der Waals surface area contributed by atoms with Gasteiger partial charge in [-0.25, -0.2) is 13.1 Å². The fourth-order valence-corrected chi connectivity index (χ4v) is 3.22. The predicted molar refractivity (Wildman–Crippen MR) is 103 cm³/mol. The molecule has 0 aromatic heterocycles. The van der Waals surface area contributed by atoms with Crippen LogP contribution >= 0.6 is 24.0 Å². The number of halogens is 1. The van der Waals surface area contributed by atoms with Gasteiger partial charge in [-0.15, -0.1) is 24.0 Å². The van der Waals surface area contributed by atoms with Crippen molar-refractivity contribution in [1.82, 2.24) is 15.4 Å². The minimum Gasteiger partial charge on any atom is -0.356 e. The molecule has 1 aliphatic carbocycles. The van der Waals surface area contributed by atoms with Crippen LogP contribution in [-0.2, 0) is 10.0 Å². The highest BCUT2D eigenvalue weighted by Crippen LogP contribution is 2.28. The molecule has 8 heteroatoms. The van der Waals surface area contributed by atoms with Crippen LogP contribution in [0.1, 0.15) is 45.4 Å². The molecule has 0 aliphatic heterocycles. The molecule has 0 amide bonds. The lowest BCUT2D eigenvalue weighted by atomic mass is 10.0. The van der Waals surface area contributed by atoms with Crippen molar-refractivity contribution in [2.75, 3.05) is 32.4 Å². The Morgan fingerprint density at radius 2 is 1.77 bits per heavy atom. The number of guanidine groups is 1. The Balaban J connectivity index is 0.00000441. The summed E-state index contributed by atoms with van der Waals surface area (Å²) in [4.78, 5) is 4.13. The normalized spacial score (nSPS) is 16.4. The second-order valence-electron chi connectivity index (χ2n) is 5.52. The van der Waals surface area contributed by atoms with Crippen molar-refractivity contribution in [1.29, 1.82) is 0 Å². The predicted octanol–water partition coefficient (Wildman–Crippen LogP) is 1.68. The van der Waals surface area contributed by atoms with E-state index in [-0.39, 0.29) is 29.7 Å². The molecule has 1 rings (SSSR count). The molecule has 0 heterocycles. The minimum atomic E-state index is -3.10. The molecule has 0 spiro atoms. The van der Waals surface area contributed by atoms with Crippen LogP contribution in [0.25, 0.3) is 0 Å². The van der Waals surface area contributed by atoms with Crippen LogP contribution in [-0.4, -0.2) is 46.8 Å². The fraction of sp³-hybridized carbons (Fsp3) is 0.929. The molecule has 6 nitrogen and oxygen atoms in total. The first kappa shape index (κ1) is 21.9. The summed E-state index contributed by atoms with van der Waals surface area (Å²) in [5.41, 5.74) is 0. The van der Waals surface area contributed by atoms with Gasteiger partial charge in [0.05, 0.1) is 5.75 Å². The first-order chi connectivity index (χ1) is 10.1. The van der Waals surface area contributed by atoms with Gasteiger partial charge in [0.1, 0.15) is 0 Å². The van der Waals surface area contributed by atoms with Crippen LogP contribution in [0, 0.1) is 5.92 Å². The van der Waals surface area contributed by atoms with E-state index in [0.29, 0.717) is 13.1 Å².